The van der Waals surface area contributed by atoms with E-state index < -0.39 is 0 Å². The third kappa shape index (κ3) is 4.04. The third-order valence-corrected chi connectivity index (χ3v) is 4.73. The van der Waals surface area contributed by atoms with Crippen LogP contribution in [-0.2, 0) is 6.54 Å². The van der Waals surface area contributed by atoms with Crippen molar-refractivity contribution in [3.8, 4) is 0 Å². The van der Waals surface area contributed by atoms with Crippen LogP contribution in [0.25, 0.3) is 0 Å². The molecular formula is C14H12Cl3NS. The number of nitrogens with one attached hydrogen (secondary N) is 1. The van der Waals surface area contributed by atoms with Gasteiger partial charge in [0, 0.05) is 21.4 Å². The van der Waals surface area contributed by atoms with Crippen LogP contribution >= 0.6 is 46.6 Å². The molecule has 0 unspecified atom stereocenters. The van der Waals surface area contributed by atoms with Gasteiger partial charge in [-0.2, -0.15) is 0 Å². The monoisotopic (exact) mass is 331 g/mol. The van der Waals surface area contributed by atoms with E-state index in [0.717, 1.165) is 21.9 Å². The fourth-order valence-electron chi connectivity index (χ4n) is 1.62. The fraction of sp³-hybridized carbons (Fsp3) is 0.143. The molecule has 19 heavy (non-hydrogen) atoms. The summed E-state index contributed by atoms with van der Waals surface area (Å²) in [6, 6.07) is 11.4. The van der Waals surface area contributed by atoms with Gasteiger partial charge in [0.15, 0.2) is 0 Å². The molecule has 0 atom stereocenters. The molecule has 1 N–H and O–H groups in total. The lowest BCUT2D eigenvalue weighted by Gasteiger charge is -2.08. The van der Waals surface area contributed by atoms with Crippen molar-refractivity contribution in [2.24, 2.45) is 0 Å². The number of benzene rings is 2. The van der Waals surface area contributed by atoms with E-state index in [1.807, 2.05) is 31.3 Å². The summed E-state index contributed by atoms with van der Waals surface area (Å²) in [4.78, 5) is 1.86. The Morgan fingerprint density at radius 1 is 0.947 bits per heavy atom. The SMILES string of the molecule is CNCc1ccc(Sc2cc(Cl)ccc2Cl)c(Cl)c1. The standard InChI is InChI=1S/C14H12Cl3NS/c1-18-8-9-2-5-13(12(17)6-9)19-14-7-10(15)3-4-11(14)16/h2-7,18H,8H2,1H3. The highest BCUT2D eigenvalue weighted by Crippen LogP contribution is 2.38. The molecule has 0 radical (unpaired) electrons. The zero-order valence-corrected chi connectivity index (χ0v) is 13.3. The smallest absolute Gasteiger partial charge is 0.0548 e. The van der Waals surface area contributed by atoms with E-state index in [-0.39, 0.29) is 0 Å². The van der Waals surface area contributed by atoms with Crippen molar-refractivity contribution < 1.29 is 0 Å². The quantitative estimate of drug-likeness (QED) is 0.791. The number of rotatable bonds is 4. The van der Waals surface area contributed by atoms with E-state index in [9.17, 15) is 0 Å². The van der Waals surface area contributed by atoms with Gasteiger partial charge < -0.3 is 5.32 Å². The van der Waals surface area contributed by atoms with Gasteiger partial charge in [-0.1, -0.05) is 52.6 Å². The van der Waals surface area contributed by atoms with E-state index in [1.54, 1.807) is 12.1 Å². The molecule has 0 aromatic heterocycles. The summed E-state index contributed by atoms with van der Waals surface area (Å²) < 4.78 is 0. The summed E-state index contributed by atoms with van der Waals surface area (Å²) in [5.74, 6) is 0. The minimum Gasteiger partial charge on any atom is -0.316 e. The molecule has 2 aromatic rings. The maximum atomic E-state index is 6.28. The molecule has 0 bridgehead atoms. The third-order valence-electron chi connectivity index (χ3n) is 2.49. The Bertz CT molecular complexity index is 587. The Labute approximate surface area is 132 Å². The van der Waals surface area contributed by atoms with Crippen molar-refractivity contribution in [3.63, 3.8) is 0 Å². The fourth-order valence-corrected chi connectivity index (χ4v) is 3.28. The molecule has 0 saturated heterocycles. The van der Waals surface area contributed by atoms with Crippen molar-refractivity contribution in [3.05, 3.63) is 57.0 Å². The molecule has 100 valence electrons. The zero-order valence-electron chi connectivity index (χ0n) is 10.2. The first-order valence-corrected chi connectivity index (χ1v) is 7.61. The summed E-state index contributed by atoms with van der Waals surface area (Å²) in [7, 11) is 1.91. The van der Waals surface area contributed by atoms with E-state index in [1.165, 1.54) is 11.8 Å². The second-order valence-electron chi connectivity index (χ2n) is 3.97. The molecule has 0 aliphatic rings. The normalized spacial score (nSPS) is 10.7. The molecule has 0 aliphatic carbocycles. The van der Waals surface area contributed by atoms with E-state index in [4.69, 9.17) is 34.8 Å². The Morgan fingerprint density at radius 3 is 2.42 bits per heavy atom. The van der Waals surface area contributed by atoms with Gasteiger partial charge >= 0.3 is 0 Å². The molecule has 0 saturated carbocycles. The van der Waals surface area contributed by atoms with Gasteiger partial charge in [-0.15, -0.1) is 0 Å². The van der Waals surface area contributed by atoms with Crippen LogP contribution in [-0.4, -0.2) is 7.05 Å². The van der Waals surface area contributed by atoms with E-state index in [0.29, 0.717) is 15.1 Å². The minimum atomic E-state index is 0.662. The molecule has 2 aromatic carbocycles. The van der Waals surface area contributed by atoms with Crippen molar-refractivity contribution in [1.82, 2.24) is 5.32 Å². The van der Waals surface area contributed by atoms with Crippen molar-refractivity contribution in [1.29, 1.82) is 0 Å². The first-order valence-electron chi connectivity index (χ1n) is 5.66. The number of halogens is 3. The van der Waals surface area contributed by atoms with Gasteiger partial charge in [-0.3, -0.25) is 0 Å². The topological polar surface area (TPSA) is 12.0 Å². The van der Waals surface area contributed by atoms with E-state index >= 15 is 0 Å². The van der Waals surface area contributed by atoms with Crippen molar-refractivity contribution >= 4 is 46.6 Å². The number of hydrogen-bond acceptors (Lipinski definition) is 2. The van der Waals surface area contributed by atoms with Gasteiger partial charge in [0.1, 0.15) is 0 Å². The molecule has 0 aliphatic heterocycles. The molecule has 5 heteroatoms. The second kappa shape index (κ2) is 6.87. The van der Waals surface area contributed by atoms with Gasteiger partial charge in [0.2, 0.25) is 0 Å². The predicted octanol–water partition coefficient (Wildman–Crippen LogP) is 5.52. The lowest BCUT2D eigenvalue weighted by molar-refractivity contribution is 0.817. The molecule has 2 rings (SSSR count). The van der Waals surface area contributed by atoms with Crippen molar-refractivity contribution in [2.75, 3.05) is 7.05 Å². The zero-order chi connectivity index (χ0) is 13.8. The lowest BCUT2D eigenvalue weighted by Crippen LogP contribution is -2.04. The van der Waals surface area contributed by atoms with Gasteiger partial charge in [-0.05, 0) is 42.9 Å². The Hall–Kier alpha value is -0.380. The Kier molecular flexibility index (Phi) is 5.43. The number of hydrogen-bond donors (Lipinski definition) is 1. The lowest BCUT2D eigenvalue weighted by atomic mass is 10.2. The van der Waals surface area contributed by atoms with Crippen LogP contribution in [0.15, 0.2) is 46.2 Å². The van der Waals surface area contributed by atoms with Crippen LogP contribution in [0.4, 0.5) is 0 Å². The highest BCUT2D eigenvalue weighted by molar-refractivity contribution is 7.99. The first kappa shape index (κ1) is 15.0. The first-order chi connectivity index (χ1) is 9.10. The molecule has 0 amide bonds. The molecule has 0 spiro atoms. The van der Waals surface area contributed by atoms with Gasteiger partial charge in [0.05, 0.1) is 10.0 Å². The minimum absolute atomic E-state index is 0.662. The second-order valence-corrected chi connectivity index (χ2v) is 6.31. The molecule has 0 fully saturated rings. The van der Waals surface area contributed by atoms with Crippen LogP contribution in [0.3, 0.4) is 0 Å². The molecule has 0 heterocycles. The maximum absolute atomic E-state index is 6.28. The van der Waals surface area contributed by atoms with Crippen LogP contribution < -0.4 is 5.32 Å². The van der Waals surface area contributed by atoms with Gasteiger partial charge in [0.25, 0.3) is 0 Å². The Morgan fingerprint density at radius 2 is 1.74 bits per heavy atom. The van der Waals surface area contributed by atoms with Crippen LogP contribution in [0.5, 0.6) is 0 Å². The molecule has 1 nitrogen and oxygen atoms in total. The van der Waals surface area contributed by atoms with E-state index in [2.05, 4.69) is 5.32 Å². The summed E-state index contributed by atoms with van der Waals surface area (Å²) in [6.45, 7) is 0.794. The summed E-state index contributed by atoms with van der Waals surface area (Å²) in [5, 5.41) is 5.14. The summed E-state index contributed by atoms with van der Waals surface area (Å²) >= 11 is 19.9. The molecular weight excluding hydrogens is 321 g/mol. The maximum Gasteiger partial charge on any atom is 0.0548 e. The summed E-state index contributed by atoms with van der Waals surface area (Å²) in [6.07, 6.45) is 0. The van der Waals surface area contributed by atoms with Crippen molar-refractivity contribution in [2.45, 2.75) is 16.3 Å². The predicted molar refractivity (Wildman–Crippen MR) is 84.8 cm³/mol. The highest BCUT2D eigenvalue weighted by Gasteiger charge is 2.07. The highest BCUT2D eigenvalue weighted by atomic mass is 35.5. The van der Waals surface area contributed by atoms with Crippen LogP contribution in [0, 0.1) is 0 Å². The Balaban J connectivity index is 2.25. The largest absolute Gasteiger partial charge is 0.316 e. The average molecular weight is 333 g/mol. The summed E-state index contributed by atoms with van der Waals surface area (Å²) in [5.41, 5.74) is 1.15. The average Bonchev–Trinajstić information content (AvgIpc) is 2.37. The van der Waals surface area contributed by atoms with Crippen LogP contribution in [0.2, 0.25) is 15.1 Å². The van der Waals surface area contributed by atoms with Gasteiger partial charge in [-0.25, -0.2) is 0 Å². The van der Waals surface area contributed by atoms with Crippen LogP contribution in [0.1, 0.15) is 5.56 Å².